The Balaban J connectivity index is 1.94. The molecule has 0 aliphatic heterocycles. The highest BCUT2D eigenvalue weighted by Crippen LogP contribution is 2.37. The zero-order valence-electron chi connectivity index (χ0n) is 13.6. The van der Waals surface area contributed by atoms with Crippen LogP contribution in [0.2, 0.25) is 0 Å². The molecule has 0 amide bonds. The Morgan fingerprint density at radius 2 is 1.75 bits per heavy atom. The highest BCUT2D eigenvalue weighted by atomic mass is 15.1. The number of anilines is 1. The van der Waals surface area contributed by atoms with Gasteiger partial charge in [0.2, 0.25) is 0 Å². The van der Waals surface area contributed by atoms with Crippen molar-refractivity contribution in [2.45, 2.75) is 59.0 Å². The van der Waals surface area contributed by atoms with E-state index in [0.29, 0.717) is 11.5 Å². The third kappa shape index (κ3) is 3.99. The van der Waals surface area contributed by atoms with E-state index in [4.69, 9.17) is 0 Å². The highest BCUT2D eigenvalue weighted by molar-refractivity contribution is 5.48. The van der Waals surface area contributed by atoms with Gasteiger partial charge in [0.25, 0.3) is 0 Å². The molecule has 0 bridgehead atoms. The molecule has 1 aliphatic rings. The molecule has 1 aliphatic carbocycles. The number of benzene rings is 1. The third-order valence-corrected chi connectivity index (χ3v) is 4.78. The summed E-state index contributed by atoms with van der Waals surface area (Å²) in [4.78, 5) is 2.48. The van der Waals surface area contributed by atoms with Gasteiger partial charge >= 0.3 is 0 Å². The Morgan fingerprint density at radius 3 is 2.30 bits per heavy atom. The van der Waals surface area contributed by atoms with Crippen molar-refractivity contribution in [1.29, 1.82) is 0 Å². The van der Waals surface area contributed by atoms with Gasteiger partial charge < -0.3 is 10.2 Å². The van der Waals surface area contributed by atoms with Crippen LogP contribution in [0.15, 0.2) is 24.3 Å². The lowest BCUT2D eigenvalue weighted by Crippen LogP contribution is -2.37. The molecule has 0 unspecified atom stereocenters. The van der Waals surface area contributed by atoms with Gasteiger partial charge in [-0.2, -0.15) is 0 Å². The van der Waals surface area contributed by atoms with Crippen molar-refractivity contribution in [2.24, 2.45) is 5.41 Å². The second kappa shape index (κ2) is 6.62. The second-order valence-electron chi connectivity index (χ2n) is 6.95. The van der Waals surface area contributed by atoms with Crippen LogP contribution in [0.4, 0.5) is 5.69 Å². The van der Waals surface area contributed by atoms with Gasteiger partial charge in [0.05, 0.1) is 0 Å². The first-order valence-electron chi connectivity index (χ1n) is 8.04. The van der Waals surface area contributed by atoms with Crippen molar-refractivity contribution in [3.8, 4) is 0 Å². The Labute approximate surface area is 124 Å². The van der Waals surface area contributed by atoms with Gasteiger partial charge in [-0.3, -0.25) is 0 Å². The van der Waals surface area contributed by atoms with Gasteiger partial charge in [-0.05, 0) is 55.3 Å². The van der Waals surface area contributed by atoms with E-state index in [1.54, 1.807) is 0 Å². The summed E-state index contributed by atoms with van der Waals surface area (Å²) in [6.07, 6.45) is 5.34. The Morgan fingerprint density at radius 1 is 1.15 bits per heavy atom. The number of rotatable bonds is 5. The maximum atomic E-state index is 3.37. The standard InChI is InChI=1S/C18H30N2/c1-5-19-14-15-6-8-16(9-7-15)20(4)17-10-12-18(2,3)13-11-17/h6-9,17,19H,5,10-14H2,1-4H3. The van der Waals surface area contributed by atoms with Crippen molar-refractivity contribution in [3.63, 3.8) is 0 Å². The lowest BCUT2D eigenvalue weighted by molar-refractivity contribution is 0.222. The Kier molecular flexibility index (Phi) is 5.09. The van der Waals surface area contributed by atoms with Crippen molar-refractivity contribution in [1.82, 2.24) is 5.32 Å². The van der Waals surface area contributed by atoms with E-state index in [1.807, 2.05) is 0 Å². The fourth-order valence-corrected chi connectivity index (χ4v) is 3.10. The van der Waals surface area contributed by atoms with Crippen molar-refractivity contribution < 1.29 is 0 Å². The van der Waals surface area contributed by atoms with Crippen LogP contribution in [0.5, 0.6) is 0 Å². The van der Waals surface area contributed by atoms with Crippen LogP contribution in [0.3, 0.4) is 0 Å². The topological polar surface area (TPSA) is 15.3 Å². The van der Waals surface area contributed by atoms with Crippen LogP contribution >= 0.6 is 0 Å². The molecule has 2 rings (SSSR count). The summed E-state index contributed by atoms with van der Waals surface area (Å²) >= 11 is 0. The molecule has 0 aromatic heterocycles. The molecule has 2 heteroatoms. The zero-order chi connectivity index (χ0) is 14.6. The number of nitrogens with zero attached hydrogens (tertiary/aromatic N) is 1. The molecule has 2 nitrogen and oxygen atoms in total. The maximum Gasteiger partial charge on any atom is 0.0366 e. The van der Waals surface area contributed by atoms with Gasteiger partial charge in [-0.25, -0.2) is 0 Å². The fourth-order valence-electron chi connectivity index (χ4n) is 3.10. The smallest absolute Gasteiger partial charge is 0.0366 e. The lowest BCUT2D eigenvalue weighted by Gasteiger charge is -2.39. The van der Waals surface area contributed by atoms with E-state index in [1.165, 1.54) is 36.9 Å². The molecule has 0 atom stereocenters. The minimum atomic E-state index is 0.549. The normalized spacial score (nSPS) is 19.0. The van der Waals surface area contributed by atoms with Crippen molar-refractivity contribution in [3.05, 3.63) is 29.8 Å². The summed E-state index contributed by atoms with van der Waals surface area (Å²) in [6, 6.07) is 9.75. The molecular formula is C18H30N2. The van der Waals surface area contributed by atoms with Gasteiger partial charge in [0, 0.05) is 25.3 Å². The first-order chi connectivity index (χ1) is 9.52. The van der Waals surface area contributed by atoms with Gasteiger partial charge in [0.1, 0.15) is 0 Å². The van der Waals surface area contributed by atoms with Crippen molar-refractivity contribution >= 4 is 5.69 Å². The lowest BCUT2D eigenvalue weighted by atomic mass is 9.75. The summed E-state index contributed by atoms with van der Waals surface area (Å²) in [5.74, 6) is 0. The monoisotopic (exact) mass is 274 g/mol. The summed E-state index contributed by atoms with van der Waals surface area (Å²) in [5.41, 5.74) is 3.27. The summed E-state index contributed by atoms with van der Waals surface area (Å²) in [5, 5.41) is 3.37. The predicted molar refractivity (Wildman–Crippen MR) is 88.3 cm³/mol. The molecule has 20 heavy (non-hydrogen) atoms. The molecule has 1 fully saturated rings. The van der Waals surface area contributed by atoms with E-state index in [-0.39, 0.29) is 0 Å². The largest absolute Gasteiger partial charge is 0.372 e. The van der Waals surface area contributed by atoms with Crippen LogP contribution in [0, 0.1) is 5.41 Å². The fraction of sp³-hybridized carbons (Fsp3) is 0.667. The minimum absolute atomic E-state index is 0.549. The van der Waals surface area contributed by atoms with Gasteiger partial charge in [-0.1, -0.05) is 32.9 Å². The molecule has 1 aromatic rings. The highest BCUT2D eigenvalue weighted by Gasteiger charge is 2.28. The first-order valence-corrected chi connectivity index (χ1v) is 8.04. The molecule has 0 radical (unpaired) electrons. The molecule has 112 valence electrons. The van der Waals surface area contributed by atoms with Crippen molar-refractivity contribution in [2.75, 3.05) is 18.5 Å². The second-order valence-corrected chi connectivity index (χ2v) is 6.95. The van der Waals surface area contributed by atoms with Crippen LogP contribution in [0.1, 0.15) is 52.0 Å². The Bertz CT molecular complexity index is 398. The van der Waals surface area contributed by atoms with Crippen LogP contribution in [-0.2, 0) is 6.54 Å². The molecule has 0 heterocycles. The minimum Gasteiger partial charge on any atom is -0.372 e. The molecule has 1 saturated carbocycles. The van der Waals surface area contributed by atoms with Crippen LogP contribution < -0.4 is 10.2 Å². The molecule has 1 aromatic carbocycles. The predicted octanol–water partition coefficient (Wildman–Crippen LogP) is 4.20. The molecule has 0 saturated heterocycles. The molecule has 0 spiro atoms. The van der Waals surface area contributed by atoms with Gasteiger partial charge in [0.15, 0.2) is 0 Å². The van der Waals surface area contributed by atoms with Gasteiger partial charge in [-0.15, -0.1) is 0 Å². The zero-order valence-corrected chi connectivity index (χ0v) is 13.6. The maximum absolute atomic E-state index is 3.37. The average molecular weight is 274 g/mol. The SMILES string of the molecule is CCNCc1ccc(N(C)C2CCC(C)(C)CC2)cc1. The molecule has 1 N–H and O–H groups in total. The number of nitrogens with one attached hydrogen (secondary N) is 1. The van der Waals surface area contributed by atoms with Crippen LogP contribution in [0.25, 0.3) is 0 Å². The Hall–Kier alpha value is -1.02. The van der Waals surface area contributed by atoms with E-state index < -0.39 is 0 Å². The molecular weight excluding hydrogens is 244 g/mol. The quantitative estimate of drug-likeness (QED) is 0.865. The first kappa shape index (κ1) is 15.4. The average Bonchev–Trinajstić information content (AvgIpc) is 2.45. The van der Waals surface area contributed by atoms with E-state index in [0.717, 1.165) is 13.1 Å². The van der Waals surface area contributed by atoms with E-state index >= 15 is 0 Å². The third-order valence-electron chi connectivity index (χ3n) is 4.78. The van der Waals surface area contributed by atoms with E-state index in [2.05, 4.69) is 62.3 Å². The van der Waals surface area contributed by atoms with Crippen LogP contribution in [-0.4, -0.2) is 19.6 Å². The number of hydrogen-bond acceptors (Lipinski definition) is 2. The summed E-state index contributed by atoms with van der Waals surface area (Å²) in [6.45, 7) is 8.95. The summed E-state index contributed by atoms with van der Waals surface area (Å²) in [7, 11) is 2.25. The van der Waals surface area contributed by atoms with E-state index in [9.17, 15) is 0 Å². The summed E-state index contributed by atoms with van der Waals surface area (Å²) < 4.78 is 0. The number of hydrogen-bond donors (Lipinski definition) is 1.